The maximum atomic E-state index is 13.4. The Hall–Kier alpha value is -3.74. The lowest BCUT2D eigenvalue weighted by Crippen LogP contribution is -2.12. The molecule has 0 fully saturated rings. The molecule has 1 N–H and O–H groups in total. The summed E-state index contributed by atoms with van der Waals surface area (Å²) in [5.41, 5.74) is 0.770. The summed E-state index contributed by atoms with van der Waals surface area (Å²) < 4.78 is 19.0. The van der Waals surface area contributed by atoms with Crippen LogP contribution in [-0.2, 0) is 6.61 Å². The van der Waals surface area contributed by atoms with Gasteiger partial charge >= 0.3 is 5.69 Å². The zero-order chi connectivity index (χ0) is 19.2. The fourth-order valence-corrected chi connectivity index (χ4v) is 2.37. The summed E-state index contributed by atoms with van der Waals surface area (Å²) in [4.78, 5) is 22.1. The molecular formula is C20H15FN2O4. The third kappa shape index (κ3) is 4.66. The highest BCUT2D eigenvalue weighted by Gasteiger charge is 2.17. The Morgan fingerprint density at radius 2 is 1.74 bits per heavy atom. The van der Waals surface area contributed by atoms with Gasteiger partial charge in [-0.3, -0.25) is 14.9 Å². The summed E-state index contributed by atoms with van der Waals surface area (Å²) in [6.07, 6.45) is 0. The minimum atomic E-state index is -0.989. The van der Waals surface area contributed by atoms with E-state index in [9.17, 15) is 19.3 Å². The lowest BCUT2D eigenvalue weighted by atomic mass is 10.1. The van der Waals surface area contributed by atoms with E-state index < -0.39 is 22.3 Å². The minimum absolute atomic E-state index is 0.00694. The summed E-state index contributed by atoms with van der Waals surface area (Å²) in [5, 5.41) is 13.4. The van der Waals surface area contributed by atoms with Crippen LogP contribution in [0.1, 0.15) is 15.9 Å². The zero-order valence-corrected chi connectivity index (χ0v) is 14.1. The van der Waals surface area contributed by atoms with E-state index in [0.29, 0.717) is 18.0 Å². The topological polar surface area (TPSA) is 81.5 Å². The molecule has 0 heterocycles. The van der Waals surface area contributed by atoms with Gasteiger partial charge in [-0.2, -0.15) is 4.39 Å². The smallest absolute Gasteiger partial charge is 0.305 e. The molecule has 0 aliphatic heterocycles. The maximum absolute atomic E-state index is 13.4. The molecule has 0 radical (unpaired) electrons. The van der Waals surface area contributed by atoms with Crippen molar-refractivity contribution in [2.75, 3.05) is 5.32 Å². The fourth-order valence-electron chi connectivity index (χ4n) is 2.37. The maximum Gasteiger partial charge on any atom is 0.305 e. The molecule has 0 aliphatic rings. The number of amides is 1. The molecule has 27 heavy (non-hydrogen) atoms. The Bertz CT molecular complexity index is 959. The SMILES string of the molecule is O=C(Nc1ccc(OCc2ccccc2)cc1)c1ccc(F)c([N+](=O)[O-])c1. The standard InChI is InChI=1S/C20H15FN2O4/c21-18-11-6-15(12-19(18)23(25)26)20(24)22-16-7-9-17(10-8-16)27-13-14-4-2-1-3-5-14/h1-12H,13H2,(H,22,24). The van der Waals surface area contributed by atoms with Crippen LogP contribution in [0.3, 0.4) is 0 Å². The van der Waals surface area contributed by atoms with Gasteiger partial charge in [0.1, 0.15) is 12.4 Å². The Balaban J connectivity index is 1.63. The number of hydrogen-bond donors (Lipinski definition) is 1. The summed E-state index contributed by atoms with van der Waals surface area (Å²) >= 11 is 0. The largest absolute Gasteiger partial charge is 0.489 e. The number of carbonyl (C=O) groups is 1. The van der Waals surface area contributed by atoms with Crippen LogP contribution in [0.4, 0.5) is 15.8 Å². The second kappa shape index (κ2) is 8.09. The van der Waals surface area contributed by atoms with Gasteiger partial charge in [-0.1, -0.05) is 30.3 Å². The van der Waals surface area contributed by atoms with Gasteiger partial charge in [0.25, 0.3) is 5.91 Å². The number of nitrogens with zero attached hydrogens (tertiary/aromatic N) is 1. The Kier molecular flexibility index (Phi) is 5.41. The molecule has 3 rings (SSSR count). The van der Waals surface area contributed by atoms with Crippen molar-refractivity contribution in [2.45, 2.75) is 6.61 Å². The van der Waals surface area contributed by atoms with Crippen molar-refractivity contribution in [3.05, 3.63) is 99.9 Å². The molecule has 0 unspecified atom stereocenters. The number of carbonyl (C=O) groups excluding carboxylic acids is 1. The summed E-state index contributed by atoms with van der Waals surface area (Å²) in [6, 6.07) is 19.4. The molecule has 6 nitrogen and oxygen atoms in total. The molecule has 3 aromatic rings. The first-order valence-electron chi connectivity index (χ1n) is 8.05. The Labute approximate surface area is 154 Å². The highest BCUT2D eigenvalue weighted by molar-refractivity contribution is 6.04. The number of halogens is 1. The van der Waals surface area contributed by atoms with Gasteiger partial charge in [-0.05, 0) is 42.0 Å². The van der Waals surface area contributed by atoms with E-state index in [2.05, 4.69) is 5.32 Å². The number of nitrogens with one attached hydrogen (secondary N) is 1. The molecule has 3 aromatic carbocycles. The highest BCUT2D eigenvalue weighted by atomic mass is 19.1. The molecule has 0 aromatic heterocycles. The molecule has 0 spiro atoms. The fraction of sp³-hybridized carbons (Fsp3) is 0.0500. The summed E-state index contributed by atoms with van der Waals surface area (Å²) in [6.45, 7) is 0.422. The predicted octanol–water partition coefficient (Wildman–Crippen LogP) is 4.57. The minimum Gasteiger partial charge on any atom is -0.489 e. The van der Waals surface area contributed by atoms with Crippen molar-refractivity contribution in [2.24, 2.45) is 0 Å². The molecule has 1 amide bonds. The van der Waals surface area contributed by atoms with Crippen LogP contribution >= 0.6 is 0 Å². The highest BCUT2D eigenvalue weighted by Crippen LogP contribution is 2.21. The van der Waals surface area contributed by atoms with Crippen molar-refractivity contribution >= 4 is 17.3 Å². The van der Waals surface area contributed by atoms with E-state index in [1.54, 1.807) is 24.3 Å². The van der Waals surface area contributed by atoms with Gasteiger partial charge in [0.2, 0.25) is 5.82 Å². The summed E-state index contributed by atoms with van der Waals surface area (Å²) in [5.74, 6) is -0.929. The average molecular weight is 366 g/mol. The van der Waals surface area contributed by atoms with Crippen molar-refractivity contribution in [1.29, 1.82) is 0 Å². The van der Waals surface area contributed by atoms with Gasteiger partial charge in [0, 0.05) is 17.3 Å². The van der Waals surface area contributed by atoms with Gasteiger partial charge in [0.05, 0.1) is 4.92 Å². The first kappa shape index (κ1) is 18.1. The molecule has 136 valence electrons. The number of anilines is 1. The average Bonchev–Trinajstić information content (AvgIpc) is 2.68. The van der Waals surface area contributed by atoms with E-state index >= 15 is 0 Å². The van der Waals surface area contributed by atoms with E-state index in [-0.39, 0.29) is 5.56 Å². The van der Waals surface area contributed by atoms with Gasteiger partial charge in [0.15, 0.2) is 0 Å². The third-order valence-corrected chi connectivity index (χ3v) is 3.77. The molecule has 0 aliphatic carbocycles. The molecule has 0 saturated heterocycles. The first-order chi connectivity index (χ1) is 13.0. The molecule has 0 saturated carbocycles. The quantitative estimate of drug-likeness (QED) is 0.512. The number of benzene rings is 3. The van der Waals surface area contributed by atoms with Crippen molar-refractivity contribution in [1.82, 2.24) is 0 Å². The lowest BCUT2D eigenvalue weighted by Gasteiger charge is -2.09. The van der Waals surface area contributed by atoms with Crippen molar-refractivity contribution in [3.8, 4) is 5.75 Å². The van der Waals surface area contributed by atoms with Gasteiger partial charge in [-0.15, -0.1) is 0 Å². The number of nitro benzene ring substituents is 1. The van der Waals surface area contributed by atoms with Crippen LogP contribution in [0, 0.1) is 15.9 Å². The van der Waals surface area contributed by atoms with Crippen LogP contribution in [0.25, 0.3) is 0 Å². The molecule has 0 atom stereocenters. The van der Waals surface area contributed by atoms with E-state index in [4.69, 9.17) is 4.74 Å². The number of hydrogen-bond acceptors (Lipinski definition) is 4. The normalized spacial score (nSPS) is 10.3. The van der Waals surface area contributed by atoms with Crippen LogP contribution in [0.15, 0.2) is 72.8 Å². The molecule has 7 heteroatoms. The van der Waals surface area contributed by atoms with Gasteiger partial charge < -0.3 is 10.1 Å². The van der Waals surface area contributed by atoms with E-state index in [1.165, 1.54) is 6.07 Å². The van der Waals surface area contributed by atoms with E-state index in [1.807, 2.05) is 30.3 Å². The van der Waals surface area contributed by atoms with Crippen LogP contribution in [-0.4, -0.2) is 10.8 Å². The third-order valence-electron chi connectivity index (χ3n) is 3.77. The lowest BCUT2D eigenvalue weighted by molar-refractivity contribution is -0.387. The van der Waals surface area contributed by atoms with Crippen molar-refractivity contribution in [3.63, 3.8) is 0 Å². The zero-order valence-electron chi connectivity index (χ0n) is 14.1. The molecular weight excluding hydrogens is 351 g/mol. The monoisotopic (exact) mass is 366 g/mol. The van der Waals surface area contributed by atoms with Gasteiger partial charge in [-0.25, -0.2) is 0 Å². The Morgan fingerprint density at radius 3 is 2.41 bits per heavy atom. The number of ether oxygens (including phenoxy) is 1. The predicted molar refractivity (Wildman–Crippen MR) is 98.2 cm³/mol. The summed E-state index contributed by atoms with van der Waals surface area (Å²) in [7, 11) is 0. The molecule has 0 bridgehead atoms. The van der Waals surface area contributed by atoms with Crippen LogP contribution in [0.5, 0.6) is 5.75 Å². The van der Waals surface area contributed by atoms with E-state index in [0.717, 1.165) is 17.7 Å². The second-order valence-corrected chi connectivity index (χ2v) is 5.68. The number of nitro groups is 1. The van der Waals surface area contributed by atoms with Crippen LogP contribution in [0.2, 0.25) is 0 Å². The number of rotatable bonds is 6. The van der Waals surface area contributed by atoms with Crippen molar-refractivity contribution < 1.29 is 18.8 Å². The van der Waals surface area contributed by atoms with Crippen LogP contribution < -0.4 is 10.1 Å². The second-order valence-electron chi connectivity index (χ2n) is 5.68. The Morgan fingerprint density at radius 1 is 1.04 bits per heavy atom. The first-order valence-corrected chi connectivity index (χ1v) is 8.05.